The Labute approximate surface area is 194 Å². The number of allylic oxidation sites excluding steroid dienone is 1. The van der Waals surface area contributed by atoms with E-state index in [2.05, 4.69) is 68.2 Å². The predicted molar refractivity (Wildman–Crippen MR) is 134 cm³/mol. The van der Waals surface area contributed by atoms with Crippen LogP contribution in [-0.2, 0) is 0 Å². The van der Waals surface area contributed by atoms with E-state index >= 15 is 0 Å². The summed E-state index contributed by atoms with van der Waals surface area (Å²) >= 11 is 0. The minimum absolute atomic E-state index is 0.458. The van der Waals surface area contributed by atoms with E-state index in [-0.39, 0.29) is 0 Å². The van der Waals surface area contributed by atoms with Crippen LogP contribution in [0.2, 0.25) is 0 Å². The Morgan fingerprint density at radius 2 is 1.81 bits per heavy atom. The van der Waals surface area contributed by atoms with E-state index in [0.717, 1.165) is 23.8 Å². The van der Waals surface area contributed by atoms with Crippen molar-refractivity contribution in [1.29, 1.82) is 0 Å². The van der Waals surface area contributed by atoms with E-state index in [1.807, 2.05) is 18.0 Å². The highest BCUT2D eigenvalue weighted by Gasteiger charge is 2.58. The lowest BCUT2D eigenvalue weighted by Crippen LogP contribution is -2.51. The maximum Gasteiger partial charge on any atom is 0.0346 e. The Morgan fingerprint density at radius 3 is 2.66 bits per heavy atom. The van der Waals surface area contributed by atoms with Crippen LogP contribution in [-0.4, -0.2) is 30.0 Å². The van der Waals surface area contributed by atoms with E-state index in [0.29, 0.717) is 16.7 Å². The highest BCUT2D eigenvalue weighted by Crippen LogP contribution is 2.68. The SMILES string of the molecule is CN(C)[C@@H]1CC[C@@]2(C)C(=CC[C@H]3[C@@H]4CC[C@H](c5ccc6ccncc6c5)[C@@]4(C)CC[C@@H]32)C1. The summed E-state index contributed by atoms with van der Waals surface area (Å²) in [5.41, 5.74) is 4.30. The maximum absolute atomic E-state index is 4.39. The molecular formula is C30H40N2. The third-order valence-corrected chi connectivity index (χ3v) is 10.9. The molecular weight excluding hydrogens is 388 g/mol. The van der Waals surface area contributed by atoms with Crippen LogP contribution in [0.3, 0.4) is 0 Å². The molecule has 0 aliphatic heterocycles. The second-order valence-corrected chi connectivity index (χ2v) is 12.3. The highest BCUT2D eigenvalue weighted by atomic mass is 15.1. The molecule has 1 aromatic heterocycles. The fourth-order valence-corrected chi connectivity index (χ4v) is 8.95. The second-order valence-electron chi connectivity index (χ2n) is 12.3. The standard InChI is InChI=1S/C30H40N2/c1-29-14-11-24(32(3)4)18-23(29)7-8-25-27-10-9-26(30(27,2)15-12-28(25)29)21-6-5-20-13-16-31-19-22(20)17-21/h5-7,13,16-17,19,24-28H,8-12,14-15,18H2,1-4H3/t24-,25+,26-,27+,28+,29+,30-/m1/s1. The highest BCUT2D eigenvalue weighted by molar-refractivity contribution is 5.82. The van der Waals surface area contributed by atoms with E-state index < -0.39 is 0 Å². The summed E-state index contributed by atoms with van der Waals surface area (Å²) in [6.45, 7) is 5.30. The first-order chi connectivity index (χ1) is 15.4. The number of nitrogens with zero attached hydrogens (tertiary/aromatic N) is 2. The summed E-state index contributed by atoms with van der Waals surface area (Å²) < 4.78 is 0. The van der Waals surface area contributed by atoms with Crippen LogP contribution in [0.25, 0.3) is 10.8 Å². The van der Waals surface area contributed by atoms with Crippen molar-refractivity contribution in [3.05, 3.63) is 53.9 Å². The number of aromatic nitrogens is 1. The van der Waals surface area contributed by atoms with Crippen molar-refractivity contribution in [2.24, 2.45) is 28.6 Å². The van der Waals surface area contributed by atoms with Gasteiger partial charge in [0.1, 0.15) is 0 Å². The Morgan fingerprint density at radius 1 is 0.938 bits per heavy atom. The van der Waals surface area contributed by atoms with Crippen LogP contribution in [0.4, 0.5) is 0 Å². The molecule has 0 unspecified atom stereocenters. The van der Waals surface area contributed by atoms with Crippen LogP contribution in [0.15, 0.2) is 48.3 Å². The number of benzene rings is 1. The molecule has 2 nitrogen and oxygen atoms in total. The molecule has 2 aromatic rings. The average Bonchev–Trinajstić information content (AvgIpc) is 3.15. The first-order valence-electron chi connectivity index (χ1n) is 13.1. The van der Waals surface area contributed by atoms with Crippen molar-refractivity contribution in [2.75, 3.05) is 14.1 Å². The third-order valence-electron chi connectivity index (χ3n) is 10.9. The molecule has 0 bridgehead atoms. The van der Waals surface area contributed by atoms with Gasteiger partial charge in [-0.25, -0.2) is 0 Å². The fourth-order valence-electron chi connectivity index (χ4n) is 8.95. The Balaban J connectivity index is 1.30. The van der Waals surface area contributed by atoms with E-state index in [9.17, 15) is 0 Å². The zero-order chi connectivity index (χ0) is 22.1. The van der Waals surface area contributed by atoms with Crippen LogP contribution < -0.4 is 0 Å². The summed E-state index contributed by atoms with van der Waals surface area (Å²) in [6.07, 6.45) is 17.7. The largest absolute Gasteiger partial charge is 0.306 e. The van der Waals surface area contributed by atoms with Crippen molar-refractivity contribution in [3.63, 3.8) is 0 Å². The van der Waals surface area contributed by atoms with Crippen molar-refractivity contribution in [2.45, 2.75) is 77.2 Å². The van der Waals surface area contributed by atoms with Gasteiger partial charge in [0, 0.05) is 23.8 Å². The van der Waals surface area contributed by atoms with E-state index in [1.165, 1.54) is 62.1 Å². The predicted octanol–water partition coefficient (Wildman–Crippen LogP) is 7.21. The molecule has 1 heterocycles. The van der Waals surface area contributed by atoms with E-state index in [1.54, 1.807) is 5.56 Å². The van der Waals surface area contributed by atoms with Gasteiger partial charge in [-0.2, -0.15) is 0 Å². The number of hydrogen-bond acceptors (Lipinski definition) is 2. The molecule has 32 heavy (non-hydrogen) atoms. The van der Waals surface area contributed by atoms with Gasteiger partial charge in [0.15, 0.2) is 0 Å². The normalized spacial score (nSPS) is 41.2. The summed E-state index contributed by atoms with van der Waals surface area (Å²) in [6, 6.07) is 10.1. The van der Waals surface area contributed by atoms with Gasteiger partial charge in [0.25, 0.3) is 0 Å². The molecule has 0 spiro atoms. The molecule has 6 rings (SSSR count). The number of rotatable bonds is 2. The molecule has 0 saturated heterocycles. The van der Waals surface area contributed by atoms with Gasteiger partial charge in [0.05, 0.1) is 0 Å². The first kappa shape index (κ1) is 20.9. The van der Waals surface area contributed by atoms with Crippen molar-refractivity contribution in [1.82, 2.24) is 9.88 Å². The zero-order valence-electron chi connectivity index (χ0n) is 20.5. The van der Waals surface area contributed by atoms with Crippen molar-refractivity contribution >= 4 is 10.8 Å². The molecule has 1 aromatic carbocycles. The van der Waals surface area contributed by atoms with Crippen molar-refractivity contribution in [3.8, 4) is 0 Å². The molecule has 2 heteroatoms. The Bertz CT molecular complexity index is 1050. The fraction of sp³-hybridized carbons (Fsp3) is 0.633. The smallest absolute Gasteiger partial charge is 0.0346 e. The van der Waals surface area contributed by atoms with Gasteiger partial charge in [-0.1, -0.05) is 37.6 Å². The summed E-state index contributed by atoms with van der Waals surface area (Å²) in [5.74, 6) is 3.39. The van der Waals surface area contributed by atoms with Gasteiger partial charge >= 0.3 is 0 Å². The third kappa shape index (κ3) is 2.98. The van der Waals surface area contributed by atoms with Gasteiger partial charge < -0.3 is 4.90 Å². The number of pyridine rings is 1. The molecule has 3 fully saturated rings. The molecule has 4 aliphatic rings. The van der Waals surface area contributed by atoms with Gasteiger partial charge in [-0.15, -0.1) is 0 Å². The van der Waals surface area contributed by atoms with Crippen LogP contribution in [0, 0.1) is 28.6 Å². The molecule has 7 atom stereocenters. The Kier molecular flexibility index (Phi) is 4.85. The van der Waals surface area contributed by atoms with Crippen molar-refractivity contribution < 1.29 is 0 Å². The molecule has 0 amide bonds. The number of fused-ring (bicyclic) bond motifs is 6. The van der Waals surface area contributed by atoms with E-state index in [4.69, 9.17) is 0 Å². The minimum Gasteiger partial charge on any atom is -0.306 e. The monoisotopic (exact) mass is 428 g/mol. The van der Waals surface area contributed by atoms with Gasteiger partial charge in [-0.05, 0) is 123 Å². The average molecular weight is 429 g/mol. The number of hydrogen-bond donors (Lipinski definition) is 0. The molecule has 3 saturated carbocycles. The lowest BCUT2D eigenvalue weighted by atomic mass is 9.47. The molecule has 170 valence electrons. The lowest BCUT2D eigenvalue weighted by molar-refractivity contribution is -0.0356. The summed E-state index contributed by atoms with van der Waals surface area (Å²) in [4.78, 5) is 6.85. The maximum atomic E-state index is 4.39. The van der Waals surface area contributed by atoms with Crippen LogP contribution in [0.5, 0.6) is 0 Å². The topological polar surface area (TPSA) is 16.1 Å². The first-order valence-corrected chi connectivity index (χ1v) is 13.1. The van der Waals surface area contributed by atoms with Crippen LogP contribution in [0.1, 0.15) is 76.7 Å². The van der Waals surface area contributed by atoms with Gasteiger partial charge in [-0.3, -0.25) is 4.98 Å². The van der Waals surface area contributed by atoms with Gasteiger partial charge in [0.2, 0.25) is 0 Å². The minimum atomic E-state index is 0.458. The Hall–Kier alpha value is -1.67. The molecule has 4 aliphatic carbocycles. The lowest BCUT2D eigenvalue weighted by Gasteiger charge is -2.58. The zero-order valence-corrected chi connectivity index (χ0v) is 20.5. The summed E-state index contributed by atoms with van der Waals surface area (Å²) in [7, 11) is 4.54. The quantitative estimate of drug-likeness (QED) is 0.470. The summed E-state index contributed by atoms with van der Waals surface area (Å²) in [5, 5.41) is 2.62. The molecule has 0 radical (unpaired) electrons. The van der Waals surface area contributed by atoms with Crippen LogP contribution >= 0.6 is 0 Å². The molecule has 0 N–H and O–H groups in total. The second kappa shape index (κ2) is 7.42.